The van der Waals surface area contributed by atoms with Crippen LogP contribution in [0.15, 0.2) is 0 Å². The molecule has 0 aromatic rings. The van der Waals surface area contributed by atoms with Gasteiger partial charge in [-0.25, -0.2) is 0 Å². The standard InChI is InChI=1S/C12H26Br2O5Si/c1-3-15-7-9-17-12(14,11(19-20)5-6-13)18-10-8-16-4-2/h11H,3-10H2,1-2,20H3. The average molecular weight is 438 g/mol. The second kappa shape index (κ2) is 13.6. The van der Waals surface area contributed by atoms with Crippen molar-refractivity contribution in [3.8, 4) is 0 Å². The van der Waals surface area contributed by atoms with E-state index in [0.717, 1.165) is 11.8 Å². The highest BCUT2D eigenvalue weighted by molar-refractivity contribution is 9.10. The van der Waals surface area contributed by atoms with Gasteiger partial charge in [0.25, 0.3) is 4.70 Å². The van der Waals surface area contributed by atoms with E-state index in [1.54, 1.807) is 0 Å². The molecular formula is C12H26Br2O5Si. The lowest BCUT2D eigenvalue weighted by molar-refractivity contribution is -0.218. The van der Waals surface area contributed by atoms with Gasteiger partial charge in [-0.3, -0.25) is 0 Å². The number of ether oxygens (including phenoxy) is 4. The Bertz CT molecular complexity index is 212. The zero-order valence-corrected chi connectivity index (χ0v) is 17.7. The summed E-state index contributed by atoms with van der Waals surface area (Å²) in [5.74, 6) is 0. The summed E-state index contributed by atoms with van der Waals surface area (Å²) in [6, 6.07) is 0. The summed E-state index contributed by atoms with van der Waals surface area (Å²) in [7, 11) is 0.614. The number of hydrogen-bond donors (Lipinski definition) is 0. The lowest BCUT2D eigenvalue weighted by Gasteiger charge is -2.34. The average Bonchev–Trinajstić information content (AvgIpc) is 2.45. The van der Waals surface area contributed by atoms with E-state index in [9.17, 15) is 0 Å². The van der Waals surface area contributed by atoms with Gasteiger partial charge in [-0.05, 0) is 36.2 Å². The Morgan fingerprint density at radius 2 is 1.50 bits per heavy atom. The van der Waals surface area contributed by atoms with Crippen LogP contribution in [-0.2, 0) is 23.4 Å². The van der Waals surface area contributed by atoms with E-state index in [4.69, 9.17) is 23.4 Å². The van der Waals surface area contributed by atoms with Gasteiger partial charge in [-0.1, -0.05) is 15.9 Å². The molecule has 0 aliphatic rings. The maximum Gasteiger partial charge on any atom is 0.252 e. The quantitative estimate of drug-likeness (QED) is 0.179. The molecule has 0 spiro atoms. The van der Waals surface area contributed by atoms with Gasteiger partial charge in [-0.15, -0.1) is 0 Å². The maximum absolute atomic E-state index is 5.81. The van der Waals surface area contributed by atoms with Crippen molar-refractivity contribution in [3.63, 3.8) is 0 Å². The molecule has 0 aromatic carbocycles. The Kier molecular flexibility index (Phi) is 14.3. The minimum atomic E-state index is -0.948. The molecule has 0 aliphatic heterocycles. The first-order valence-electron chi connectivity index (χ1n) is 6.85. The van der Waals surface area contributed by atoms with Gasteiger partial charge < -0.3 is 23.4 Å². The van der Waals surface area contributed by atoms with Crippen LogP contribution in [0.1, 0.15) is 20.3 Å². The van der Waals surface area contributed by atoms with E-state index in [2.05, 4.69) is 31.9 Å². The van der Waals surface area contributed by atoms with Gasteiger partial charge >= 0.3 is 0 Å². The van der Waals surface area contributed by atoms with Crippen molar-refractivity contribution in [3.05, 3.63) is 0 Å². The number of alkyl halides is 2. The molecule has 0 saturated heterocycles. The largest absolute Gasteiger partial charge is 0.419 e. The molecule has 0 aromatic heterocycles. The fourth-order valence-electron chi connectivity index (χ4n) is 1.53. The highest BCUT2D eigenvalue weighted by Gasteiger charge is 2.38. The van der Waals surface area contributed by atoms with Gasteiger partial charge in [0.2, 0.25) is 0 Å². The third-order valence-corrected chi connectivity index (χ3v) is 4.50. The predicted molar refractivity (Wildman–Crippen MR) is 89.8 cm³/mol. The van der Waals surface area contributed by atoms with Crippen molar-refractivity contribution in [1.29, 1.82) is 0 Å². The second-order valence-electron chi connectivity index (χ2n) is 3.88. The van der Waals surface area contributed by atoms with Crippen molar-refractivity contribution in [2.75, 3.05) is 45.0 Å². The van der Waals surface area contributed by atoms with Crippen LogP contribution in [0.2, 0.25) is 0 Å². The summed E-state index contributed by atoms with van der Waals surface area (Å²) in [5, 5.41) is 0.816. The van der Waals surface area contributed by atoms with Gasteiger partial charge in [0.1, 0.15) is 16.6 Å². The normalized spacial score (nSPS) is 13.8. The molecule has 0 amide bonds. The molecule has 0 aliphatic carbocycles. The Morgan fingerprint density at radius 1 is 1.00 bits per heavy atom. The van der Waals surface area contributed by atoms with Crippen molar-refractivity contribution >= 4 is 42.3 Å². The number of rotatable bonds is 14. The fraction of sp³-hybridized carbons (Fsp3) is 1.00. The van der Waals surface area contributed by atoms with Crippen LogP contribution in [0.3, 0.4) is 0 Å². The molecule has 0 radical (unpaired) electrons. The predicted octanol–water partition coefficient (Wildman–Crippen LogP) is 1.59. The Hall–Kier alpha value is 0.977. The zero-order valence-electron chi connectivity index (χ0n) is 12.5. The third-order valence-electron chi connectivity index (χ3n) is 2.50. The van der Waals surface area contributed by atoms with E-state index in [1.165, 1.54) is 0 Å². The van der Waals surface area contributed by atoms with Gasteiger partial charge in [0.15, 0.2) is 0 Å². The van der Waals surface area contributed by atoms with Crippen LogP contribution < -0.4 is 0 Å². The maximum atomic E-state index is 5.81. The molecule has 1 atom stereocenters. The summed E-state index contributed by atoms with van der Waals surface area (Å²) in [6.45, 7) is 7.19. The SMILES string of the molecule is CCOCCOC(Br)(OCCOCC)C(CCBr)O[SiH3]. The minimum absolute atomic E-state index is 0.170. The first kappa shape index (κ1) is 21.0. The van der Waals surface area contributed by atoms with Crippen LogP contribution in [0.5, 0.6) is 0 Å². The van der Waals surface area contributed by atoms with Crippen LogP contribution in [0.4, 0.5) is 0 Å². The lowest BCUT2D eigenvalue weighted by atomic mass is 10.2. The highest BCUT2D eigenvalue weighted by atomic mass is 79.9. The molecule has 1 unspecified atom stereocenters. The summed E-state index contributed by atoms with van der Waals surface area (Å²) in [6.07, 6.45) is 0.620. The molecule has 0 rings (SSSR count). The molecule has 0 bridgehead atoms. The number of halogens is 2. The van der Waals surface area contributed by atoms with Crippen LogP contribution in [-0.4, -0.2) is 66.3 Å². The Labute approximate surface area is 141 Å². The summed E-state index contributed by atoms with van der Waals surface area (Å²) < 4.78 is 26.8. The first-order chi connectivity index (χ1) is 9.64. The molecule has 5 nitrogen and oxygen atoms in total. The summed E-state index contributed by atoms with van der Waals surface area (Å²) in [5.41, 5.74) is 0. The van der Waals surface area contributed by atoms with Gasteiger partial charge in [0.05, 0.1) is 26.4 Å². The van der Waals surface area contributed by atoms with Crippen molar-refractivity contribution in [2.24, 2.45) is 0 Å². The lowest BCUT2D eigenvalue weighted by Crippen LogP contribution is -2.45. The second-order valence-corrected chi connectivity index (χ2v) is 6.24. The highest BCUT2D eigenvalue weighted by Crippen LogP contribution is 2.30. The van der Waals surface area contributed by atoms with Gasteiger partial charge in [-0.2, -0.15) is 0 Å². The smallest absolute Gasteiger partial charge is 0.252 e. The molecule has 0 fully saturated rings. The molecular weight excluding hydrogens is 412 g/mol. The first-order valence-corrected chi connectivity index (χ1v) is 9.58. The van der Waals surface area contributed by atoms with E-state index in [1.807, 2.05) is 13.8 Å². The zero-order chi connectivity index (χ0) is 15.3. The van der Waals surface area contributed by atoms with Crippen molar-refractivity contribution < 1.29 is 23.4 Å². The number of hydrogen-bond acceptors (Lipinski definition) is 5. The van der Waals surface area contributed by atoms with Crippen molar-refractivity contribution in [2.45, 2.75) is 31.1 Å². The van der Waals surface area contributed by atoms with Crippen LogP contribution >= 0.6 is 31.9 Å². The van der Waals surface area contributed by atoms with Crippen LogP contribution in [0, 0.1) is 0 Å². The molecule has 0 saturated carbocycles. The summed E-state index contributed by atoms with van der Waals surface area (Å²) >= 11 is 6.96. The third kappa shape index (κ3) is 9.09. The van der Waals surface area contributed by atoms with Crippen molar-refractivity contribution in [1.82, 2.24) is 0 Å². The van der Waals surface area contributed by atoms with E-state index >= 15 is 0 Å². The Morgan fingerprint density at radius 3 is 1.85 bits per heavy atom. The topological polar surface area (TPSA) is 46.2 Å². The van der Waals surface area contributed by atoms with E-state index in [0.29, 0.717) is 50.1 Å². The van der Waals surface area contributed by atoms with Gasteiger partial charge in [0, 0.05) is 18.5 Å². The van der Waals surface area contributed by atoms with E-state index in [-0.39, 0.29) is 6.10 Å². The molecule has 8 heteroatoms. The monoisotopic (exact) mass is 436 g/mol. The van der Waals surface area contributed by atoms with E-state index < -0.39 is 4.70 Å². The van der Waals surface area contributed by atoms with Crippen LogP contribution in [0.25, 0.3) is 0 Å². The fourth-order valence-corrected chi connectivity index (χ4v) is 3.57. The Balaban J connectivity index is 4.38. The molecule has 0 heterocycles. The molecule has 122 valence electrons. The molecule has 0 N–H and O–H groups in total. The minimum Gasteiger partial charge on any atom is -0.419 e. The molecule has 20 heavy (non-hydrogen) atoms. The summed E-state index contributed by atoms with van der Waals surface area (Å²) in [4.78, 5) is 0.